The van der Waals surface area contributed by atoms with Gasteiger partial charge in [0.25, 0.3) is 0 Å². The van der Waals surface area contributed by atoms with E-state index in [4.69, 9.17) is 5.26 Å². The lowest BCUT2D eigenvalue weighted by molar-refractivity contribution is 1.18. The number of nitriles is 1. The molecule has 0 amide bonds. The average Bonchev–Trinajstić information content (AvgIpc) is 2.83. The second-order valence-corrected chi connectivity index (χ2v) is 5.49. The van der Waals surface area contributed by atoms with Crippen LogP contribution in [-0.2, 0) is 0 Å². The van der Waals surface area contributed by atoms with Gasteiger partial charge in [0.15, 0.2) is 0 Å². The van der Waals surface area contributed by atoms with Crippen LogP contribution < -0.4 is 0 Å². The summed E-state index contributed by atoms with van der Waals surface area (Å²) in [6, 6.07) is 8.89. The van der Waals surface area contributed by atoms with Crippen molar-refractivity contribution in [1.82, 2.24) is 0 Å². The summed E-state index contributed by atoms with van der Waals surface area (Å²) in [5, 5.41) is 8.99. The fraction of sp³-hybridized carbons (Fsp3) is 0.417. The first kappa shape index (κ1) is 9.61. The van der Waals surface area contributed by atoms with E-state index in [1.165, 1.54) is 16.0 Å². The average molecular weight is 203 g/mol. The summed E-state index contributed by atoms with van der Waals surface area (Å²) in [6.07, 6.45) is 2.09. The van der Waals surface area contributed by atoms with E-state index in [0.717, 1.165) is 12.8 Å². The predicted molar refractivity (Wildman–Crippen MR) is 59.4 cm³/mol. The fourth-order valence-electron chi connectivity index (χ4n) is 1.57. The summed E-state index contributed by atoms with van der Waals surface area (Å²) in [7, 11) is 0. The van der Waals surface area contributed by atoms with Gasteiger partial charge < -0.3 is 0 Å². The molecule has 0 radical (unpaired) electrons. The maximum atomic E-state index is 8.99. The highest BCUT2D eigenvalue weighted by atomic mass is 32.2. The SMILES string of the molecule is Cc1cc(C)cc(SC2(C#N)CC2)c1. The van der Waals surface area contributed by atoms with Crippen LogP contribution in [0.3, 0.4) is 0 Å². The quantitative estimate of drug-likeness (QED) is 0.735. The smallest absolute Gasteiger partial charge is 0.107 e. The molecule has 0 heterocycles. The summed E-state index contributed by atoms with van der Waals surface area (Å²) in [6.45, 7) is 4.20. The predicted octanol–water partition coefficient (Wildman–Crippen LogP) is 3.45. The van der Waals surface area contributed by atoms with E-state index in [1.807, 2.05) is 0 Å². The van der Waals surface area contributed by atoms with E-state index in [2.05, 4.69) is 38.1 Å². The summed E-state index contributed by atoms with van der Waals surface area (Å²) >= 11 is 1.72. The molecule has 1 nitrogen and oxygen atoms in total. The third-order valence-electron chi connectivity index (χ3n) is 2.42. The van der Waals surface area contributed by atoms with E-state index in [9.17, 15) is 0 Å². The Balaban J connectivity index is 2.22. The van der Waals surface area contributed by atoms with Gasteiger partial charge in [0, 0.05) is 4.90 Å². The molecule has 0 spiro atoms. The van der Waals surface area contributed by atoms with E-state index >= 15 is 0 Å². The Labute approximate surface area is 89.1 Å². The van der Waals surface area contributed by atoms with Crippen LogP contribution in [-0.4, -0.2) is 4.75 Å². The van der Waals surface area contributed by atoms with Gasteiger partial charge in [-0.1, -0.05) is 6.07 Å². The molecule has 2 rings (SSSR count). The summed E-state index contributed by atoms with van der Waals surface area (Å²) in [5.74, 6) is 0. The number of thioether (sulfide) groups is 1. The van der Waals surface area contributed by atoms with Crippen LogP contribution in [0, 0.1) is 25.2 Å². The normalized spacial score (nSPS) is 17.5. The largest absolute Gasteiger partial charge is 0.197 e. The molecule has 72 valence electrons. The van der Waals surface area contributed by atoms with Gasteiger partial charge in [0.1, 0.15) is 4.75 Å². The van der Waals surface area contributed by atoms with Crippen LogP contribution in [0.4, 0.5) is 0 Å². The second kappa shape index (κ2) is 3.33. The van der Waals surface area contributed by atoms with Crippen molar-refractivity contribution < 1.29 is 0 Å². The molecule has 0 aliphatic heterocycles. The van der Waals surface area contributed by atoms with Gasteiger partial charge in [-0.05, 0) is 49.9 Å². The van der Waals surface area contributed by atoms with Crippen molar-refractivity contribution >= 4 is 11.8 Å². The highest BCUT2D eigenvalue weighted by molar-refractivity contribution is 8.01. The van der Waals surface area contributed by atoms with Crippen LogP contribution in [0.5, 0.6) is 0 Å². The molecule has 0 atom stereocenters. The molecule has 1 aromatic rings. The van der Waals surface area contributed by atoms with Crippen molar-refractivity contribution in [3.63, 3.8) is 0 Å². The maximum Gasteiger partial charge on any atom is 0.107 e. The van der Waals surface area contributed by atoms with E-state index in [-0.39, 0.29) is 4.75 Å². The molecule has 0 aromatic heterocycles. The molecule has 1 aliphatic carbocycles. The number of nitrogens with zero attached hydrogens (tertiary/aromatic N) is 1. The van der Waals surface area contributed by atoms with Crippen LogP contribution in [0.2, 0.25) is 0 Å². The minimum absolute atomic E-state index is 0.0970. The van der Waals surface area contributed by atoms with Gasteiger partial charge in [0.05, 0.1) is 6.07 Å². The molecule has 0 N–H and O–H groups in total. The van der Waals surface area contributed by atoms with Gasteiger partial charge in [-0.15, -0.1) is 11.8 Å². The highest BCUT2D eigenvalue weighted by Gasteiger charge is 2.44. The number of rotatable bonds is 2. The minimum Gasteiger partial charge on any atom is -0.197 e. The minimum atomic E-state index is -0.0970. The third kappa shape index (κ3) is 1.93. The number of aryl methyl sites for hydroxylation is 2. The van der Waals surface area contributed by atoms with Crippen molar-refractivity contribution in [3.05, 3.63) is 29.3 Å². The Hall–Kier alpha value is -0.940. The van der Waals surface area contributed by atoms with Gasteiger partial charge in [-0.25, -0.2) is 0 Å². The first-order chi connectivity index (χ1) is 6.63. The number of hydrogen-bond donors (Lipinski definition) is 0. The Bertz CT molecular complexity index is 379. The molecule has 0 unspecified atom stereocenters. The maximum absolute atomic E-state index is 8.99. The monoisotopic (exact) mass is 203 g/mol. The van der Waals surface area contributed by atoms with Gasteiger partial charge in [0.2, 0.25) is 0 Å². The molecule has 1 aliphatic rings. The molecule has 1 saturated carbocycles. The first-order valence-corrected chi connectivity index (χ1v) is 5.64. The zero-order valence-corrected chi connectivity index (χ0v) is 9.32. The fourth-order valence-corrected chi connectivity index (χ4v) is 2.86. The molecule has 0 bridgehead atoms. The topological polar surface area (TPSA) is 23.8 Å². The second-order valence-electron chi connectivity index (χ2n) is 4.03. The van der Waals surface area contributed by atoms with Crippen molar-refractivity contribution in [2.45, 2.75) is 36.3 Å². The zero-order valence-electron chi connectivity index (χ0n) is 8.50. The molecule has 14 heavy (non-hydrogen) atoms. The van der Waals surface area contributed by atoms with Crippen molar-refractivity contribution in [1.29, 1.82) is 5.26 Å². The van der Waals surface area contributed by atoms with Crippen molar-refractivity contribution in [3.8, 4) is 6.07 Å². The molecule has 1 fully saturated rings. The van der Waals surface area contributed by atoms with Crippen LogP contribution in [0.1, 0.15) is 24.0 Å². The van der Waals surface area contributed by atoms with Crippen LogP contribution >= 0.6 is 11.8 Å². The molecule has 2 heteroatoms. The molecule has 0 saturated heterocycles. The molecular weight excluding hydrogens is 190 g/mol. The first-order valence-electron chi connectivity index (χ1n) is 4.82. The number of benzene rings is 1. The Kier molecular flexibility index (Phi) is 2.28. The number of hydrogen-bond acceptors (Lipinski definition) is 2. The van der Waals surface area contributed by atoms with Gasteiger partial charge in [-0.3, -0.25) is 0 Å². The van der Waals surface area contributed by atoms with Crippen LogP contribution in [0.25, 0.3) is 0 Å². The summed E-state index contributed by atoms with van der Waals surface area (Å²) in [5.41, 5.74) is 2.56. The zero-order chi connectivity index (χ0) is 10.2. The standard InChI is InChI=1S/C12H13NS/c1-9-5-10(2)7-11(6-9)14-12(8-13)3-4-12/h5-7H,3-4H2,1-2H3. The van der Waals surface area contributed by atoms with E-state index in [1.54, 1.807) is 11.8 Å². The van der Waals surface area contributed by atoms with Crippen molar-refractivity contribution in [2.75, 3.05) is 0 Å². The van der Waals surface area contributed by atoms with Crippen LogP contribution in [0.15, 0.2) is 23.1 Å². The van der Waals surface area contributed by atoms with Crippen molar-refractivity contribution in [2.24, 2.45) is 0 Å². The Morgan fingerprint density at radius 3 is 2.21 bits per heavy atom. The Morgan fingerprint density at radius 1 is 1.21 bits per heavy atom. The van der Waals surface area contributed by atoms with Gasteiger partial charge in [-0.2, -0.15) is 5.26 Å². The van der Waals surface area contributed by atoms with E-state index in [0.29, 0.717) is 0 Å². The van der Waals surface area contributed by atoms with E-state index < -0.39 is 0 Å². The Morgan fingerprint density at radius 2 is 1.79 bits per heavy atom. The summed E-state index contributed by atoms with van der Waals surface area (Å²) < 4.78 is -0.0970. The lowest BCUT2D eigenvalue weighted by Crippen LogP contribution is -1.96. The summed E-state index contributed by atoms with van der Waals surface area (Å²) in [4.78, 5) is 1.24. The van der Waals surface area contributed by atoms with Gasteiger partial charge >= 0.3 is 0 Å². The highest BCUT2D eigenvalue weighted by Crippen LogP contribution is 2.51. The lowest BCUT2D eigenvalue weighted by atomic mass is 10.2. The third-order valence-corrected chi connectivity index (χ3v) is 3.78. The molecular formula is C12H13NS. The lowest BCUT2D eigenvalue weighted by Gasteiger charge is -2.07. The molecule has 1 aromatic carbocycles.